The van der Waals surface area contributed by atoms with Crippen molar-refractivity contribution in [1.82, 2.24) is 14.6 Å². The standard InChI is InChI=1S/C12H6N4O2S/c13-5-7-6-14-16-9(12(17)18)4-8(15-11(7)16)10-2-1-3-19-10/h1-4,6H,(H,17,18). The highest BCUT2D eigenvalue weighted by molar-refractivity contribution is 7.13. The molecule has 6 nitrogen and oxygen atoms in total. The minimum atomic E-state index is -1.11. The molecule has 0 aliphatic heterocycles. The maximum atomic E-state index is 11.3. The highest BCUT2D eigenvalue weighted by Crippen LogP contribution is 2.25. The molecule has 92 valence electrons. The lowest BCUT2D eigenvalue weighted by Gasteiger charge is -2.03. The highest BCUT2D eigenvalue weighted by atomic mass is 32.1. The molecule has 0 spiro atoms. The maximum Gasteiger partial charge on any atom is 0.354 e. The molecule has 1 N–H and O–H groups in total. The van der Waals surface area contributed by atoms with Gasteiger partial charge in [0.05, 0.1) is 16.8 Å². The van der Waals surface area contributed by atoms with E-state index in [0.29, 0.717) is 5.69 Å². The number of aromatic nitrogens is 3. The van der Waals surface area contributed by atoms with Gasteiger partial charge in [0.1, 0.15) is 11.6 Å². The maximum absolute atomic E-state index is 11.3. The Balaban J connectivity index is 2.37. The molecule has 0 aromatic carbocycles. The van der Waals surface area contributed by atoms with Crippen LogP contribution in [0.3, 0.4) is 0 Å². The van der Waals surface area contributed by atoms with Gasteiger partial charge < -0.3 is 5.11 Å². The van der Waals surface area contributed by atoms with Gasteiger partial charge in [0, 0.05) is 0 Å². The molecule has 3 rings (SSSR count). The van der Waals surface area contributed by atoms with Crippen LogP contribution in [0.25, 0.3) is 16.2 Å². The Morgan fingerprint density at radius 1 is 1.53 bits per heavy atom. The Hall–Kier alpha value is -2.72. The smallest absolute Gasteiger partial charge is 0.354 e. The van der Waals surface area contributed by atoms with Gasteiger partial charge in [0.2, 0.25) is 0 Å². The largest absolute Gasteiger partial charge is 0.477 e. The van der Waals surface area contributed by atoms with E-state index in [-0.39, 0.29) is 16.9 Å². The fourth-order valence-electron chi connectivity index (χ4n) is 1.74. The third-order valence-electron chi connectivity index (χ3n) is 2.59. The molecule has 0 unspecified atom stereocenters. The lowest BCUT2D eigenvalue weighted by atomic mass is 10.2. The summed E-state index contributed by atoms with van der Waals surface area (Å²) in [5.41, 5.74) is 1.01. The van der Waals surface area contributed by atoms with E-state index in [9.17, 15) is 9.90 Å². The van der Waals surface area contributed by atoms with Crippen LogP contribution in [0.15, 0.2) is 29.8 Å². The molecule has 0 radical (unpaired) electrons. The first kappa shape index (κ1) is 11.4. The molecule has 0 saturated heterocycles. The van der Waals surface area contributed by atoms with Gasteiger partial charge in [-0.05, 0) is 17.5 Å². The van der Waals surface area contributed by atoms with Crippen LogP contribution in [-0.4, -0.2) is 25.7 Å². The van der Waals surface area contributed by atoms with Crippen molar-refractivity contribution in [3.63, 3.8) is 0 Å². The minimum Gasteiger partial charge on any atom is -0.477 e. The number of hydrogen-bond donors (Lipinski definition) is 1. The Labute approximate surface area is 111 Å². The fraction of sp³-hybridized carbons (Fsp3) is 0. The second-order valence-corrected chi connectivity index (χ2v) is 4.66. The van der Waals surface area contributed by atoms with Crippen molar-refractivity contribution in [3.8, 4) is 16.6 Å². The lowest BCUT2D eigenvalue weighted by molar-refractivity contribution is 0.0687. The van der Waals surface area contributed by atoms with E-state index < -0.39 is 5.97 Å². The number of carbonyl (C=O) groups is 1. The van der Waals surface area contributed by atoms with Gasteiger partial charge in [-0.3, -0.25) is 0 Å². The summed E-state index contributed by atoms with van der Waals surface area (Å²) >= 11 is 1.45. The van der Waals surface area contributed by atoms with Crippen molar-refractivity contribution in [2.75, 3.05) is 0 Å². The van der Waals surface area contributed by atoms with Gasteiger partial charge in [-0.15, -0.1) is 11.3 Å². The number of fused-ring (bicyclic) bond motifs is 1. The second kappa shape index (κ2) is 4.19. The van der Waals surface area contributed by atoms with Gasteiger partial charge >= 0.3 is 5.97 Å². The van der Waals surface area contributed by atoms with Crippen LogP contribution in [0, 0.1) is 11.3 Å². The predicted octanol–water partition coefficient (Wildman–Crippen LogP) is 2.03. The summed E-state index contributed by atoms with van der Waals surface area (Å²) in [5.74, 6) is -1.11. The van der Waals surface area contributed by atoms with Crippen molar-refractivity contribution in [2.45, 2.75) is 0 Å². The number of nitriles is 1. The van der Waals surface area contributed by atoms with Crippen LogP contribution in [0.1, 0.15) is 16.1 Å². The van der Waals surface area contributed by atoms with Crippen molar-refractivity contribution in [3.05, 3.63) is 41.0 Å². The Morgan fingerprint density at radius 2 is 2.37 bits per heavy atom. The van der Waals surface area contributed by atoms with Crippen molar-refractivity contribution < 1.29 is 9.90 Å². The molecule has 0 atom stereocenters. The average molecular weight is 270 g/mol. The number of thiophene rings is 1. The van der Waals surface area contributed by atoms with E-state index in [1.54, 1.807) is 0 Å². The number of rotatable bonds is 2. The van der Waals surface area contributed by atoms with Crippen molar-refractivity contribution in [1.29, 1.82) is 5.26 Å². The zero-order valence-corrected chi connectivity index (χ0v) is 10.3. The number of aromatic carboxylic acids is 1. The summed E-state index contributed by atoms with van der Waals surface area (Å²) in [5, 5.41) is 24.0. The summed E-state index contributed by atoms with van der Waals surface area (Å²) in [4.78, 5) is 16.4. The van der Waals surface area contributed by atoms with E-state index in [4.69, 9.17) is 5.26 Å². The Bertz CT molecular complexity index is 814. The summed E-state index contributed by atoms with van der Waals surface area (Å²) in [6.07, 6.45) is 1.31. The van der Waals surface area contributed by atoms with Crippen molar-refractivity contribution >= 4 is 23.0 Å². The SMILES string of the molecule is N#Cc1cnn2c(C(=O)O)cc(-c3cccs3)nc12. The lowest BCUT2D eigenvalue weighted by Crippen LogP contribution is -2.08. The molecular formula is C12H6N4O2S. The molecule has 0 bridgehead atoms. The summed E-state index contributed by atoms with van der Waals surface area (Å²) < 4.78 is 1.16. The molecule has 7 heteroatoms. The van der Waals surface area contributed by atoms with E-state index in [1.165, 1.54) is 23.6 Å². The Morgan fingerprint density at radius 3 is 3.00 bits per heavy atom. The molecule has 0 fully saturated rings. The predicted molar refractivity (Wildman–Crippen MR) is 68.0 cm³/mol. The summed E-state index contributed by atoms with van der Waals surface area (Å²) in [6.45, 7) is 0. The first-order chi connectivity index (χ1) is 9.20. The monoisotopic (exact) mass is 270 g/mol. The number of carboxylic acid groups (broad SMARTS) is 1. The minimum absolute atomic E-state index is 0.0186. The molecule has 0 amide bonds. The van der Waals surface area contributed by atoms with E-state index in [1.807, 2.05) is 23.6 Å². The quantitative estimate of drug-likeness (QED) is 0.769. The van der Waals surface area contributed by atoms with Gasteiger partial charge in [-0.2, -0.15) is 10.4 Å². The second-order valence-electron chi connectivity index (χ2n) is 3.71. The van der Waals surface area contributed by atoms with E-state index in [2.05, 4.69) is 10.1 Å². The van der Waals surface area contributed by atoms with Crippen LogP contribution in [-0.2, 0) is 0 Å². The number of hydrogen-bond acceptors (Lipinski definition) is 5. The normalized spacial score (nSPS) is 10.5. The third kappa shape index (κ3) is 1.75. The molecule has 0 saturated carbocycles. The molecule has 0 aliphatic rings. The van der Waals surface area contributed by atoms with Gasteiger partial charge in [0.25, 0.3) is 0 Å². The fourth-order valence-corrected chi connectivity index (χ4v) is 2.43. The first-order valence-corrected chi connectivity index (χ1v) is 6.14. The average Bonchev–Trinajstić information content (AvgIpc) is 3.06. The van der Waals surface area contributed by atoms with Crippen LogP contribution in [0.2, 0.25) is 0 Å². The third-order valence-corrected chi connectivity index (χ3v) is 3.48. The summed E-state index contributed by atoms with van der Waals surface area (Å²) in [6, 6.07) is 7.11. The van der Waals surface area contributed by atoms with Crippen LogP contribution in [0.4, 0.5) is 0 Å². The van der Waals surface area contributed by atoms with Crippen molar-refractivity contribution in [2.24, 2.45) is 0 Å². The van der Waals surface area contributed by atoms with Gasteiger partial charge in [-0.25, -0.2) is 14.3 Å². The zero-order chi connectivity index (χ0) is 13.4. The van der Waals surface area contributed by atoms with Gasteiger partial charge in [-0.1, -0.05) is 6.07 Å². The van der Waals surface area contributed by atoms with Gasteiger partial charge in [0.15, 0.2) is 11.3 Å². The molecular weight excluding hydrogens is 264 g/mol. The molecule has 0 aliphatic carbocycles. The number of nitrogens with zero attached hydrogens (tertiary/aromatic N) is 4. The van der Waals surface area contributed by atoms with E-state index in [0.717, 1.165) is 9.39 Å². The van der Waals surface area contributed by atoms with E-state index >= 15 is 0 Å². The topological polar surface area (TPSA) is 91.3 Å². The molecule has 3 heterocycles. The summed E-state index contributed by atoms with van der Waals surface area (Å²) in [7, 11) is 0. The Kier molecular flexibility index (Phi) is 2.51. The molecule has 3 aromatic rings. The molecule has 19 heavy (non-hydrogen) atoms. The number of carboxylic acids is 1. The zero-order valence-electron chi connectivity index (χ0n) is 9.44. The molecule has 3 aromatic heterocycles. The van der Waals surface area contributed by atoms with Crippen LogP contribution < -0.4 is 0 Å². The first-order valence-electron chi connectivity index (χ1n) is 5.27. The van der Waals surface area contributed by atoms with Crippen LogP contribution >= 0.6 is 11.3 Å². The van der Waals surface area contributed by atoms with Crippen LogP contribution in [0.5, 0.6) is 0 Å². The highest BCUT2D eigenvalue weighted by Gasteiger charge is 2.16.